The summed E-state index contributed by atoms with van der Waals surface area (Å²) in [5.74, 6) is 0.218. The van der Waals surface area contributed by atoms with Gasteiger partial charge >= 0.3 is 0 Å². The summed E-state index contributed by atoms with van der Waals surface area (Å²) in [7, 11) is 3.80. The van der Waals surface area contributed by atoms with Gasteiger partial charge in [0.05, 0.1) is 6.61 Å². The normalized spacial score (nSPS) is 10.1. The summed E-state index contributed by atoms with van der Waals surface area (Å²) in [5.41, 5.74) is 7.33. The van der Waals surface area contributed by atoms with E-state index in [1.54, 1.807) is 18.2 Å². The molecule has 0 aliphatic heterocycles. The average Bonchev–Trinajstić information content (AvgIpc) is 2.64. The lowest BCUT2D eigenvalue weighted by Crippen LogP contribution is -2.41. The molecule has 138 valence electrons. The minimum absolute atomic E-state index is 0.254. The number of hydrogen-bond acceptors (Lipinski definition) is 4. The highest BCUT2D eigenvalue weighted by Crippen LogP contribution is 2.16. The number of aryl methyl sites for hydroxylation is 1. The average molecular weight is 355 g/mol. The molecule has 0 spiro atoms. The van der Waals surface area contributed by atoms with Crippen LogP contribution in [0.3, 0.4) is 0 Å². The van der Waals surface area contributed by atoms with Gasteiger partial charge in [0.2, 0.25) is 5.91 Å². The summed E-state index contributed by atoms with van der Waals surface area (Å²) in [4.78, 5) is 25.9. The van der Waals surface area contributed by atoms with E-state index in [4.69, 9.17) is 4.74 Å². The van der Waals surface area contributed by atoms with Gasteiger partial charge in [0.15, 0.2) is 0 Å². The van der Waals surface area contributed by atoms with Crippen LogP contribution in [0, 0.1) is 6.92 Å². The maximum Gasteiger partial charge on any atom is 0.269 e. The summed E-state index contributed by atoms with van der Waals surface area (Å²) in [6.45, 7) is 2.42. The molecule has 26 heavy (non-hydrogen) atoms. The van der Waals surface area contributed by atoms with Crippen molar-refractivity contribution in [1.82, 2.24) is 10.9 Å². The molecule has 0 aliphatic rings. The topological polar surface area (TPSA) is 70.7 Å². The third kappa shape index (κ3) is 5.81. The maximum atomic E-state index is 12.1. The van der Waals surface area contributed by atoms with Crippen molar-refractivity contribution in [3.05, 3.63) is 59.7 Å². The fourth-order valence-electron chi connectivity index (χ4n) is 2.32. The molecule has 2 aromatic rings. The van der Waals surface area contributed by atoms with Crippen LogP contribution in [0.25, 0.3) is 0 Å². The second kappa shape index (κ2) is 9.46. The van der Waals surface area contributed by atoms with Gasteiger partial charge in [-0.15, -0.1) is 0 Å². The van der Waals surface area contributed by atoms with E-state index in [0.717, 1.165) is 17.0 Å². The van der Waals surface area contributed by atoms with E-state index in [0.29, 0.717) is 18.6 Å². The van der Waals surface area contributed by atoms with Crippen LogP contribution in [0.1, 0.15) is 28.8 Å². The molecule has 0 aliphatic carbocycles. The highest BCUT2D eigenvalue weighted by molar-refractivity contribution is 5.96. The number of anilines is 1. The van der Waals surface area contributed by atoms with E-state index in [1.165, 1.54) is 0 Å². The van der Waals surface area contributed by atoms with Crippen molar-refractivity contribution in [1.29, 1.82) is 0 Å². The second-order valence-electron chi connectivity index (χ2n) is 6.16. The summed E-state index contributed by atoms with van der Waals surface area (Å²) >= 11 is 0. The van der Waals surface area contributed by atoms with Crippen molar-refractivity contribution >= 4 is 17.5 Å². The van der Waals surface area contributed by atoms with Crippen molar-refractivity contribution < 1.29 is 14.3 Å². The van der Waals surface area contributed by atoms with E-state index >= 15 is 0 Å². The number of rotatable bonds is 7. The van der Waals surface area contributed by atoms with Crippen LogP contribution in [0.5, 0.6) is 5.75 Å². The minimum Gasteiger partial charge on any atom is -0.493 e. The van der Waals surface area contributed by atoms with Gasteiger partial charge in [0, 0.05) is 31.8 Å². The molecule has 6 heteroatoms. The van der Waals surface area contributed by atoms with Gasteiger partial charge < -0.3 is 9.64 Å². The predicted molar refractivity (Wildman–Crippen MR) is 102 cm³/mol. The summed E-state index contributed by atoms with van der Waals surface area (Å²) in [5, 5.41) is 0. The summed E-state index contributed by atoms with van der Waals surface area (Å²) in [6, 6.07) is 14.9. The minimum atomic E-state index is -0.349. The molecule has 0 fully saturated rings. The smallest absolute Gasteiger partial charge is 0.269 e. The van der Waals surface area contributed by atoms with Gasteiger partial charge in [0.1, 0.15) is 5.75 Å². The van der Waals surface area contributed by atoms with Crippen LogP contribution in [-0.2, 0) is 4.79 Å². The second-order valence-corrected chi connectivity index (χ2v) is 6.16. The number of hydrazine groups is 1. The SMILES string of the molecule is Cc1ccccc1OCCCC(=O)NNC(=O)c1cccc(N(C)C)c1. The number of nitrogens with zero attached hydrogens (tertiary/aromatic N) is 1. The van der Waals surface area contributed by atoms with Crippen molar-refractivity contribution in [2.24, 2.45) is 0 Å². The molecule has 6 nitrogen and oxygen atoms in total. The molecule has 0 bridgehead atoms. The first-order valence-electron chi connectivity index (χ1n) is 8.52. The first kappa shape index (κ1) is 19.3. The Hall–Kier alpha value is -3.02. The molecule has 0 aromatic heterocycles. The van der Waals surface area contributed by atoms with Crippen LogP contribution in [0.2, 0.25) is 0 Å². The lowest BCUT2D eigenvalue weighted by molar-refractivity contribution is -0.122. The van der Waals surface area contributed by atoms with Gasteiger partial charge in [-0.05, 0) is 43.2 Å². The monoisotopic (exact) mass is 355 g/mol. The number of nitrogens with one attached hydrogen (secondary N) is 2. The number of benzene rings is 2. The molecule has 2 aromatic carbocycles. The Kier molecular flexibility index (Phi) is 7.02. The van der Waals surface area contributed by atoms with Crippen molar-refractivity contribution in [2.75, 3.05) is 25.6 Å². The van der Waals surface area contributed by atoms with E-state index in [-0.39, 0.29) is 18.2 Å². The van der Waals surface area contributed by atoms with Crippen molar-refractivity contribution in [3.8, 4) is 5.75 Å². The fraction of sp³-hybridized carbons (Fsp3) is 0.300. The summed E-state index contributed by atoms with van der Waals surface area (Å²) in [6.07, 6.45) is 0.829. The Balaban J connectivity index is 1.70. The number of ether oxygens (including phenoxy) is 1. The highest BCUT2D eigenvalue weighted by Gasteiger charge is 2.09. The van der Waals surface area contributed by atoms with Gasteiger partial charge in [-0.2, -0.15) is 0 Å². The Morgan fingerprint density at radius 1 is 1.04 bits per heavy atom. The van der Waals surface area contributed by atoms with E-state index in [2.05, 4.69) is 10.9 Å². The fourth-order valence-corrected chi connectivity index (χ4v) is 2.32. The van der Waals surface area contributed by atoms with Gasteiger partial charge in [0.25, 0.3) is 5.91 Å². The first-order valence-corrected chi connectivity index (χ1v) is 8.52. The van der Waals surface area contributed by atoms with Gasteiger partial charge in [-0.1, -0.05) is 24.3 Å². The Morgan fingerprint density at radius 3 is 2.54 bits per heavy atom. The van der Waals surface area contributed by atoms with Crippen LogP contribution in [-0.4, -0.2) is 32.5 Å². The molecule has 0 unspecified atom stereocenters. The Morgan fingerprint density at radius 2 is 1.81 bits per heavy atom. The number of hydrogen-bond donors (Lipinski definition) is 2. The van der Waals surface area contributed by atoms with Crippen LogP contribution in [0.4, 0.5) is 5.69 Å². The van der Waals surface area contributed by atoms with Crippen LogP contribution in [0.15, 0.2) is 48.5 Å². The largest absolute Gasteiger partial charge is 0.493 e. The zero-order valence-electron chi connectivity index (χ0n) is 15.4. The molecule has 0 atom stereocenters. The molecule has 0 saturated heterocycles. The molecular formula is C20H25N3O3. The third-order valence-electron chi connectivity index (χ3n) is 3.84. The number of carbonyl (C=O) groups excluding carboxylic acids is 2. The number of carbonyl (C=O) groups is 2. The molecular weight excluding hydrogens is 330 g/mol. The Bertz CT molecular complexity index is 759. The predicted octanol–water partition coefficient (Wildman–Crippen LogP) is 2.68. The quantitative estimate of drug-likeness (QED) is 0.592. The van der Waals surface area contributed by atoms with Crippen molar-refractivity contribution in [2.45, 2.75) is 19.8 Å². The zero-order valence-corrected chi connectivity index (χ0v) is 15.4. The highest BCUT2D eigenvalue weighted by atomic mass is 16.5. The van der Waals surface area contributed by atoms with Gasteiger partial charge in [-0.25, -0.2) is 0 Å². The van der Waals surface area contributed by atoms with E-state index < -0.39 is 0 Å². The standard InChI is InChI=1S/C20H25N3O3/c1-15-8-4-5-11-18(15)26-13-7-12-19(24)21-22-20(25)16-9-6-10-17(14-16)23(2)3/h4-6,8-11,14H,7,12-13H2,1-3H3,(H,21,24)(H,22,25). The van der Waals surface area contributed by atoms with E-state index in [9.17, 15) is 9.59 Å². The molecule has 2 rings (SSSR count). The number of para-hydroxylation sites is 1. The third-order valence-corrected chi connectivity index (χ3v) is 3.84. The lowest BCUT2D eigenvalue weighted by atomic mass is 10.2. The van der Waals surface area contributed by atoms with Gasteiger partial charge in [-0.3, -0.25) is 20.4 Å². The maximum absolute atomic E-state index is 12.1. The zero-order chi connectivity index (χ0) is 18.9. The molecule has 0 radical (unpaired) electrons. The number of amides is 2. The lowest BCUT2D eigenvalue weighted by Gasteiger charge is -2.13. The molecule has 2 amide bonds. The first-order chi connectivity index (χ1) is 12.5. The van der Waals surface area contributed by atoms with E-state index in [1.807, 2.05) is 56.3 Å². The van der Waals surface area contributed by atoms with Crippen LogP contribution >= 0.6 is 0 Å². The molecule has 0 heterocycles. The van der Waals surface area contributed by atoms with Crippen molar-refractivity contribution in [3.63, 3.8) is 0 Å². The van der Waals surface area contributed by atoms with Crippen LogP contribution < -0.4 is 20.5 Å². The molecule has 2 N–H and O–H groups in total. The summed E-state index contributed by atoms with van der Waals surface area (Å²) < 4.78 is 5.65. The Labute approximate surface area is 154 Å². The molecule has 0 saturated carbocycles.